The number of rotatable bonds is 7. The molecule has 0 atom stereocenters. The molecule has 0 fully saturated rings. The Balaban J connectivity index is 3.06. The number of nitro benzene ring substituents is 1. The Hall–Kier alpha value is -1.76. The topological polar surface area (TPSA) is 89.7 Å². The Bertz CT molecular complexity index is 515. The normalized spacial score (nSPS) is 11.2. The van der Waals surface area contributed by atoms with Gasteiger partial charge in [0.1, 0.15) is 4.75 Å². The van der Waals surface area contributed by atoms with Crippen molar-refractivity contribution in [2.75, 3.05) is 6.61 Å². The summed E-state index contributed by atoms with van der Waals surface area (Å²) < 4.78 is 4.35. The van der Waals surface area contributed by atoms with E-state index in [1.54, 1.807) is 13.8 Å². The number of carbonyl (C=O) groups is 1. The van der Waals surface area contributed by atoms with Crippen molar-refractivity contribution in [2.24, 2.45) is 0 Å². The first-order chi connectivity index (χ1) is 9.27. The number of hydrogen-bond acceptors (Lipinski definition) is 5. The average Bonchev–Trinajstić information content (AvgIpc) is 2.35. The Morgan fingerprint density at radius 3 is 2.65 bits per heavy atom. The monoisotopic (exact) mass is 299 g/mol. The van der Waals surface area contributed by atoms with Crippen LogP contribution in [0.5, 0.6) is 5.75 Å². The molecule has 7 heteroatoms. The van der Waals surface area contributed by atoms with Gasteiger partial charge in [-0.3, -0.25) is 14.9 Å². The van der Waals surface area contributed by atoms with Gasteiger partial charge in [-0.05, 0) is 26.3 Å². The molecule has 0 heterocycles. The highest BCUT2D eigenvalue weighted by Crippen LogP contribution is 2.37. The molecular formula is C13H17NO5S. The molecule has 0 bridgehead atoms. The van der Waals surface area contributed by atoms with E-state index in [1.807, 2.05) is 6.92 Å². The van der Waals surface area contributed by atoms with Crippen LogP contribution < -0.4 is 4.74 Å². The second-order valence-electron chi connectivity index (χ2n) is 4.65. The Morgan fingerprint density at radius 1 is 1.50 bits per heavy atom. The lowest BCUT2D eigenvalue weighted by molar-refractivity contribution is -0.385. The first-order valence-corrected chi connectivity index (χ1v) is 6.93. The zero-order valence-electron chi connectivity index (χ0n) is 11.6. The maximum atomic E-state index is 11.1. The van der Waals surface area contributed by atoms with Crippen LogP contribution in [-0.2, 0) is 4.79 Å². The first kappa shape index (κ1) is 16.3. The fourth-order valence-corrected chi connectivity index (χ4v) is 2.35. The van der Waals surface area contributed by atoms with Gasteiger partial charge in [-0.15, -0.1) is 11.8 Å². The van der Waals surface area contributed by atoms with Crippen LogP contribution in [0.25, 0.3) is 0 Å². The molecule has 0 aliphatic carbocycles. The lowest BCUT2D eigenvalue weighted by atomic mass is 10.2. The Kier molecular flexibility index (Phi) is 5.38. The molecule has 0 radical (unpaired) electrons. The minimum absolute atomic E-state index is 0.115. The number of carboxylic acids is 1. The zero-order valence-corrected chi connectivity index (χ0v) is 12.4. The van der Waals surface area contributed by atoms with E-state index in [4.69, 9.17) is 9.84 Å². The second-order valence-corrected chi connectivity index (χ2v) is 6.35. The highest BCUT2D eigenvalue weighted by Gasteiger charge is 2.29. The number of benzene rings is 1. The molecule has 0 aliphatic rings. The standard InChI is InChI=1S/C13H17NO5S/c1-4-7-19-11-8-9(5-6-10(11)14(17)18)20-13(2,3)12(15)16/h5-6,8H,4,7H2,1-3H3,(H,15,16). The molecule has 0 saturated carbocycles. The summed E-state index contributed by atoms with van der Waals surface area (Å²) in [6.07, 6.45) is 0.731. The molecule has 0 spiro atoms. The average molecular weight is 299 g/mol. The van der Waals surface area contributed by atoms with Gasteiger partial charge < -0.3 is 9.84 Å². The molecule has 0 aliphatic heterocycles. The van der Waals surface area contributed by atoms with Gasteiger partial charge in [0, 0.05) is 17.0 Å². The molecule has 110 valence electrons. The number of nitrogens with zero attached hydrogens (tertiary/aromatic N) is 1. The molecule has 1 N–H and O–H groups in total. The van der Waals surface area contributed by atoms with E-state index >= 15 is 0 Å². The molecule has 6 nitrogen and oxygen atoms in total. The van der Waals surface area contributed by atoms with Crippen molar-refractivity contribution in [3.05, 3.63) is 28.3 Å². The van der Waals surface area contributed by atoms with E-state index < -0.39 is 15.6 Å². The molecule has 0 aromatic heterocycles. The lowest BCUT2D eigenvalue weighted by Gasteiger charge is -2.18. The van der Waals surface area contributed by atoms with Gasteiger partial charge in [0.05, 0.1) is 11.5 Å². The lowest BCUT2D eigenvalue weighted by Crippen LogP contribution is -2.26. The van der Waals surface area contributed by atoms with Crippen molar-refractivity contribution in [2.45, 2.75) is 36.8 Å². The predicted molar refractivity (Wildman–Crippen MR) is 76.5 cm³/mol. The van der Waals surface area contributed by atoms with Crippen molar-refractivity contribution in [1.29, 1.82) is 0 Å². The Labute approximate surface area is 121 Å². The first-order valence-electron chi connectivity index (χ1n) is 6.11. The van der Waals surface area contributed by atoms with E-state index in [-0.39, 0.29) is 11.4 Å². The van der Waals surface area contributed by atoms with Crippen LogP contribution in [0.4, 0.5) is 5.69 Å². The third-order valence-electron chi connectivity index (χ3n) is 2.48. The van der Waals surface area contributed by atoms with Gasteiger partial charge in [0.25, 0.3) is 0 Å². The summed E-state index contributed by atoms with van der Waals surface area (Å²) in [6.45, 7) is 5.43. The van der Waals surface area contributed by atoms with Gasteiger partial charge in [-0.25, -0.2) is 0 Å². The largest absolute Gasteiger partial charge is 0.487 e. The molecule has 0 unspecified atom stereocenters. The van der Waals surface area contributed by atoms with Gasteiger partial charge in [0.15, 0.2) is 5.75 Å². The molecule has 1 aromatic rings. The third-order valence-corrected chi connectivity index (χ3v) is 3.65. The maximum absolute atomic E-state index is 11.1. The minimum Gasteiger partial charge on any atom is -0.487 e. The summed E-state index contributed by atoms with van der Waals surface area (Å²) in [5.74, 6) is -0.778. The molecule has 20 heavy (non-hydrogen) atoms. The van der Waals surface area contributed by atoms with E-state index in [1.165, 1.54) is 18.2 Å². The highest BCUT2D eigenvalue weighted by atomic mass is 32.2. The summed E-state index contributed by atoms with van der Waals surface area (Å²) in [7, 11) is 0. The predicted octanol–water partition coefficient (Wildman–Crippen LogP) is 3.34. The maximum Gasteiger partial charge on any atom is 0.319 e. The van der Waals surface area contributed by atoms with E-state index in [0.717, 1.165) is 18.2 Å². The summed E-state index contributed by atoms with van der Waals surface area (Å²) in [5, 5.41) is 20.0. The molecular weight excluding hydrogens is 282 g/mol. The fraction of sp³-hybridized carbons (Fsp3) is 0.462. The van der Waals surface area contributed by atoms with E-state index in [0.29, 0.717) is 11.5 Å². The van der Waals surface area contributed by atoms with Crippen LogP contribution in [0.15, 0.2) is 23.1 Å². The van der Waals surface area contributed by atoms with Gasteiger partial charge in [0.2, 0.25) is 0 Å². The number of ether oxygens (including phenoxy) is 1. The van der Waals surface area contributed by atoms with Crippen LogP contribution in [0.1, 0.15) is 27.2 Å². The summed E-state index contributed by atoms with van der Waals surface area (Å²) in [5.41, 5.74) is -0.115. The molecule has 1 aromatic carbocycles. The molecule has 0 saturated heterocycles. The van der Waals surface area contributed by atoms with Crippen LogP contribution in [0.3, 0.4) is 0 Å². The smallest absolute Gasteiger partial charge is 0.319 e. The van der Waals surface area contributed by atoms with E-state index in [9.17, 15) is 14.9 Å². The van der Waals surface area contributed by atoms with Crippen LogP contribution in [-0.4, -0.2) is 27.4 Å². The van der Waals surface area contributed by atoms with Crippen molar-refractivity contribution >= 4 is 23.4 Å². The Morgan fingerprint density at radius 2 is 2.15 bits per heavy atom. The quantitative estimate of drug-likeness (QED) is 0.472. The number of thioether (sulfide) groups is 1. The van der Waals surface area contributed by atoms with Crippen molar-refractivity contribution in [3.63, 3.8) is 0 Å². The SMILES string of the molecule is CCCOc1cc(SC(C)(C)C(=O)O)ccc1[N+](=O)[O-]. The number of hydrogen-bond donors (Lipinski definition) is 1. The van der Waals surface area contributed by atoms with Crippen molar-refractivity contribution in [1.82, 2.24) is 0 Å². The minimum atomic E-state index is -1.02. The number of nitro groups is 1. The third kappa shape index (κ3) is 4.12. The van der Waals surface area contributed by atoms with Crippen molar-refractivity contribution in [3.8, 4) is 5.75 Å². The van der Waals surface area contributed by atoms with Gasteiger partial charge >= 0.3 is 11.7 Å². The summed E-state index contributed by atoms with van der Waals surface area (Å²) in [4.78, 5) is 22.1. The number of carboxylic acid groups (broad SMARTS) is 1. The zero-order chi connectivity index (χ0) is 15.3. The van der Waals surface area contributed by atoms with Crippen LogP contribution >= 0.6 is 11.8 Å². The fourth-order valence-electron chi connectivity index (χ4n) is 1.37. The summed E-state index contributed by atoms with van der Waals surface area (Å²) >= 11 is 1.12. The van der Waals surface area contributed by atoms with Gasteiger partial charge in [-0.2, -0.15) is 0 Å². The van der Waals surface area contributed by atoms with Crippen molar-refractivity contribution < 1.29 is 19.6 Å². The van der Waals surface area contributed by atoms with Crippen LogP contribution in [0, 0.1) is 10.1 Å². The highest BCUT2D eigenvalue weighted by molar-refractivity contribution is 8.01. The summed E-state index contributed by atoms with van der Waals surface area (Å²) in [6, 6.07) is 4.39. The van der Waals surface area contributed by atoms with E-state index in [2.05, 4.69) is 0 Å². The van der Waals surface area contributed by atoms with Gasteiger partial charge in [-0.1, -0.05) is 6.92 Å². The molecule has 1 rings (SSSR count). The second kappa shape index (κ2) is 6.60. The van der Waals surface area contributed by atoms with Crippen LogP contribution in [0.2, 0.25) is 0 Å². The number of aliphatic carboxylic acids is 1. The molecule has 0 amide bonds.